The van der Waals surface area contributed by atoms with E-state index in [1.165, 1.54) is 11.3 Å². The van der Waals surface area contributed by atoms with E-state index >= 15 is 0 Å². The second kappa shape index (κ2) is 12.9. The zero-order valence-corrected chi connectivity index (χ0v) is 18.9. The summed E-state index contributed by atoms with van der Waals surface area (Å²) in [7, 11) is 2.29. The highest BCUT2D eigenvalue weighted by Crippen LogP contribution is 2.24. The molecule has 0 bridgehead atoms. The van der Waals surface area contributed by atoms with E-state index in [-0.39, 0.29) is 5.91 Å². The number of rotatable bonds is 3. The minimum absolute atomic E-state index is 0.251. The number of aromatic nitrogens is 4. The van der Waals surface area contributed by atoms with Gasteiger partial charge in [0.2, 0.25) is 0 Å². The van der Waals surface area contributed by atoms with Gasteiger partial charge in [-0.05, 0) is 37.8 Å². The van der Waals surface area contributed by atoms with Crippen LogP contribution in [0.15, 0.2) is 36.1 Å². The predicted octanol–water partition coefficient (Wildman–Crippen LogP) is 3.60. The number of nitrogens with zero attached hydrogens (tertiary/aromatic N) is 4. The lowest BCUT2D eigenvalue weighted by Gasteiger charge is -2.02. The van der Waals surface area contributed by atoms with Gasteiger partial charge in [-0.15, -0.1) is 11.3 Å². The molecular formula is C21H29FN6O2S. The molecule has 1 fully saturated rings. The number of carbonyl (C=O) groups is 1. The third-order valence-electron chi connectivity index (χ3n) is 4.41. The van der Waals surface area contributed by atoms with Gasteiger partial charge < -0.3 is 15.8 Å². The van der Waals surface area contributed by atoms with Crippen molar-refractivity contribution in [2.45, 2.75) is 32.2 Å². The number of thiazole rings is 1. The van der Waals surface area contributed by atoms with E-state index in [1.807, 2.05) is 19.1 Å². The SMILES string of the molecule is CF.Cc1cccnc1-c1nc(C(=O)Nc2cnn(C)c2)cs1.NC1CCCOCC1. The van der Waals surface area contributed by atoms with Gasteiger partial charge in [0, 0.05) is 44.1 Å². The normalized spacial score (nSPS) is 15.6. The molecule has 4 rings (SSSR count). The van der Waals surface area contributed by atoms with Crippen LogP contribution in [0.4, 0.5) is 10.1 Å². The van der Waals surface area contributed by atoms with Gasteiger partial charge in [-0.3, -0.25) is 18.9 Å². The molecule has 3 N–H and O–H groups in total. The van der Waals surface area contributed by atoms with Gasteiger partial charge in [0.25, 0.3) is 5.91 Å². The Morgan fingerprint density at radius 2 is 2.16 bits per heavy atom. The van der Waals surface area contributed by atoms with Crippen molar-refractivity contribution in [1.29, 1.82) is 0 Å². The Balaban J connectivity index is 0.000000286. The van der Waals surface area contributed by atoms with Crippen molar-refractivity contribution in [1.82, 2.24) is 19.7 Å². The first-order chi connectivity index (χ1) is 15.0. The molecule has 3 aromatic rings. The van der Waals surface area contributed by atoms with Crippen LogP contribution in [0, 0.1) is 6.92 Å². The Kier molecular flexibility index (Phi) is 10.2. The minimum Gasteiger partial charge on any atom is -0.381 e. The van der Waals surface area contributed by atoms with Gasteiger partial charge in [0.15, 0.2) is 0 Å². The van der Waals surface area contributed by atoms with Crippen LogP contribution >= 0.6 is 11.3 Å². The lowest BCUT2D eigenvalue weighted by Crippen LogP contribution is -2.19. The van der Waals surface area contributed by atoms with E-state index in [2.05, 4.69) is 20.4 Å². The molecule has 0 spiro atoms. The zero-order chi connectivity index (χ0) is 22.6. The quantitative estimate of drug-likeness (QED) is 0.634. The fraction of sp³-hybridized carbons (Fsp3) is 0.429. The van der Waals surface area contributed by atoms with E-state index in [9.17, 15) is 9.18 Å². The molecule has 0 saturated carbocycles. The van der Waals surface area contributed by atoms with E-state index in [1.54, 1.807) is 35.7 Å². The number of anilines is 1. The number of nitrogens with two attached hydrogens (primary N) is 1. The Bertz CT molecular complexity index is 937. The van der Waals surface area contributed by atoms with Crippen molar-refractivity contribution < 1.29 is 13.9 Å². The summed E-state index contributed by atoms with van der Waals surface area (Å²) >= 11 is 1.41. The maximum absolute atomic E-state index is 12.1. The summed E-state index contributed by atoms with van der Waals surface area (Å²) in [5, 5.41) is 9.23. The third-order valence-corrected chi connectivity index (χ3v) is 5.26. The van der Waals surface area contributed by atoms with Crippen LogP contribution in [0.25, 0.3) is 10.7 Å². The monoisotopic (exact) mass is 448 g/mol. The van der Waals surface area contributed by atoms with E-state index in [0.717, 1.165) is 48.7 Å². The maximum Gasteiger partial charge on any atom is 0.275 e. The largest absolute Gasteiger partial charge is 0.381 e. The fourth-order valence-corrected chi connectivity index (χ4v) is 3.67. The summed E-state index contributed by atoms with van der Waals surface area (Å²) in [6.45, 7) is 3.74. The molecule has 0 radical (unpaired) electrons. The molecule has 8 nitrogen and oxygen atoms in total. The van der Waals surface area contributed by atoms with Crippen molar-refractivity contribution >= 4 is 22.9 Å². The van der Waals surface area contributed by atoms with Gasteiger partial charge in [-0.25, -0.2) is 4.98 Å². The average Bonchev–Trinajstić information content (AvgIpc) is 3.35. The summed E-state index contributed by atoms with van der Waals surface area (Å²) in [6.07, 6.45) is 8.36. The lowest BCUT2D eigenvalue weighted by atomic mass is 10.1. The molecule has 0 aliphatic carbocycles. The Morgan fingerprint density at radius 1 is 1.35 bits per heavy atom. The molecule has 4 heterocycles. The van der Waals surface area contributed by atoms with E-state index in [4.69, 9.17) is 10.5 Å². The highest BCUT2D eigenvalue weighted by atomic mass is 32.1. The summed E-state index contributed by atoms with van der Waals surface area (Å²) < 4.78 is 16.3. The number of hydrogen-bond acceptors (Lipinski definition) is 7. The number of pyridine rings is 1. The van der Waals surface area contributed by atoms with Gasteiger partial charge >= 0.3 is 0 Å². The molecule has 1 saturated heterocycles. The number of aryl methyl sites for hydroxylation is 2. The van der Waals surface area contributed by atoms with Crippen LogP contribution in [0.1, 0.15) is 35.3 Å². The smallest absolute Gasteiger partial charge is 0.275 e. The molecule has 1 amide bonds. The molecule has 1 aliphatic heterocycles. The number of amides is 1. The average molecular weight is 449 g/mol. The number of nitrogens with one attached hydrogen (secondary N) is 1. The second-order valence-corrected chi connectivity index (χ2v) is 7.73. The minimum atomic E-state index is -0.251. The lowest BCUT2D eigenvalue weighted by molar-refractivity contribution is 0.102. The highest BCUT2D eigenvalue weighted by Gasteiger charge is 2.14. The van der Waals surface area contributed by atoms with Gasteiger partial charge in [0.1, 0.15) is 16.4 Å². The highest BCUT2D eigenvalue weighted by molar-refractivity contribution is 7.13. The summed E-state index contributed by atoms with van der Waals surface area (Å²) in [5.41, 5.74) is 8.52. The first-order valence-corrected chi connectivity index (χ1v) is 10.8. The molecular weight excluding hydrogens is 419 g/mol. The number of ether oxygens (including phenoxy) is 1. The zero-order valence-electron chi connectivity index (χ0n) is 18.0. The molecule has 168 valence electrons. The summed E-state index contributed by atoms with van der Waals surface area (Å²) in [4.78, 5) is 20.8. The Morgan fingerprint density at radius 3 is 2.87 bits per heavy atom. The third kappa shape index (κ3) is 7.82. The van der Waals surface area contributed by atoms with Crippen molar-refractivity contribution in [2.75, 3.05) is 25.7 Å². The van der Waals surface area contributed by atoms with Crippen LogP contribution in [0.5, 0.6) is 0 Å². The fourth-order valence-electron chi connectivity index (χ4n) is 2.81. The van der Waals surface area contributed by atoms with Crippen LogP contribution in [-0.2, 0) is 11.8 Å². The maximum atomic E-state index is 12.1. The first kappa shape index (κ1) is 24.6. The van der Waals surface area contributed by atoms with E-state index in [0.29, 0.717) is 24.6 Å². The molecule has 1 unspecified atom stereocenters. The number of halogens is 1. The first-order valence-electron chi connectivity index (χ1n) is 9.91. The summed E-state index contributed by atoms with van der Waals surface area (Å²) in [5.74, 6) is -0.251. The van der Waals surface area contributed by atoms with Crippen LogP contribution in [0.2, 0.25) is 0 Å². The number of hydrogen-bond donors (Lipinski definition) is 2. The van der Waals surface area contributed by atoms with Crippen LogP contribution in [-0.4, -0.2) is 52.1 Å². The van der Waals surface area contributed by atoms with Gasteiger partial charge in [-0.1, -0.05) is 6.07 Å². The van der Waals surface area contributed by atoms with Crippen molar-refractivity contribution in [3.8, 4) is 10.7 Å². The molecule has 3 aromatic heterocycles. The standard InChI is InChI=1S/C14H13N5OS.C6H13NO.CH3F/c1-9-4-3-5-15-12(9)14-18-11(8-21-14)13(20)17-10-6-16-19(2)7-10;7-6-2-1-4-8-5-3-6;1-2/h3-8H,1-2H3,(H,17,20);6H,1-5,7H2;1H3. The number of carbonyl (C=O) groups excluding carboxylic acids is 1. The van der Waals surface area contributed by atoms with Gasteiger partial charge in [-0.2, -0.15) is 5.10 Å². The Hall–Kier alpha value is -2.69. The second-order valence-electron chi connectivity index (χ2n) is 6.87. The van der Waals surface area contributed by atoms with E-state index < -0.39 is 0 Å². The molecule has 31 heavy (non-hydrogen) atoms. The van der Waals surface area contributed by atoms with Crippen LogP contribution in [0.3, 0.4) is 0 Å². The predicted molar refractivity (Wildman–Crippen MR) is 121 cm³/mol. The molecule has 10 heteroatoms. The Labute approximate surface area is 185 Å². The summed E-state index contributed by atoms with van der Waals surface area (Å²) in [6, 6.07) is 4.25. The topological polar surface area (TPSA) is 108 Å². The van der Waals surface area contributed by atoms with Gasteiger partial charge in [0.05, 0.1) is 19.1 Å². The molecule has 0 aromatic carbocycles. The van der Waals surface area contributed by atoms with Crippen molar-refractivity contribution in [3.05, 3.63) is 47.4 Å². The van der Waals surface area contributed by atoms with Crippen molar-refractivity contribution in [3.63, 3.8) is 0 Å². The molecule has 1 aliphatic rings. The molecule has 1 atom stereocenters. The van der Waals surface area contributed by atoms with Crippen molar-refractivity contribution in [2.24, 2.45) is 12.8 Å². The number of alkyl halides is 1. The van der Waals surface area contributed by atoms with Crippen LogP contribution < -0.4 is 11.1 Å².